The molecule has 0 spiro atoms. The number of hydrogen-bond acceptors (Lipinski definition) is 4. The van der Waals surface area contributed by atoms with Gasteiger partial charge in [-0.15, -0.1) is 41.7 Å². The zero-order valence-corrected chi connectivity index (χ0v) is 33.7. The molecule has 6 heteroatoms. The van der Waals surface area contributed by atoms with E-state index in [0.29, 0.717) is 12.3 Å². The van der Waals surface area contributed by atoms with Gasteiger partial charge < -0.3 is 5.11 Å². The van der Waals surface area contributed by atoms with Crippen molar-refractivity contribution in [3.63, 3.8) is 0 Å². The highest BCUT2D eigenvalue weighted by molar-refractivity contribution is 8.47. The van der Waals surface area contributed by atoms with Crippen LogP contribution in [-0.4, -0.2) is 26.1 Å². The van der Waals surface area contributed by atoms with Crippen molar-refractivity contribution in [2.24, 2.45) is 16.7 Å². The number of rotatable bonds is 26. The summed E-state index contributed by atoms with van der Waals surface area (Å²) >= 11 is 15.4. The molecule has 0 saturated heterocycles. The zero-order chi connectivity index (χ0) is 35.3. The van der Waals surface area contributed by atoms with Gasteiger partial charge in [0.1, 0.15) is 3.53 Å². The minimum atomic E-state index is -0.833. The summed E-state index contributed by atoms with van der Waals surface area (Å²) in [5, 5.41) is 9.94. The topological polar surface area (TPSA) is 37.3 Å². The van der Waals surface area contributed by atoms with E-state index in [0.717, 1.165) is 51.0 Å². The van der Waals surface area contributed by atoms with E-state index in [1.165, 1.54) is 69.8 Å². The number of carbonyl (C=O) groups is 1. The predicted molar refractivity (Wildman–Crippen MR) is 218 cm³/mol. The fourth-order valence-electron chi connectivity index (χ4n) is 5.96. The normalized spacial score (nSPS) is 14.7. The molecule has 0 radical (unpaired) electrons. The molecular formula is C41H65ClO2S3. The average Bonchev–Trinajstić information content (AvgIpc) is 3.04. The Morgan fingerprint density at radius 2 is 1.53 bits per heavy atom. The quantitative estimate of drug-likeness (QED) is 0.0446. The largest absolute Gasteiger partial charge is 0.481 e. The number of hydrogen-bond donors (Lipinski definition) is 1. The minimum absolute atomic E-state index is 0.0914. The van der Waals surface area contributed by atoms with E-state index in [4.69, 9.17) is 23.8 Å². The van der Waals surface area contributed by atoms with Crippen LogP contribution in [0.2, 0.25) is 0 Å². The van der Waals surface area contributed by atoms with Crippen LogP contribution < -0.4 is 0 Å². The van der Waals surface area contributed by atoms with Gasteiger partial charge in [0.25, 0.3) is 0 Å². The number of halogens is 1. The summed E-state index contributed by atoms with van der Waals surface area (Å²) in [5.41, 5.74) is 3.77. The zero-order valence-electron chi connectivity index (χ0n) is 30.5. The number of aliphatic carboxylic acids is 1. The Balaban J connectivity index is 2.67. The smallest absolute Gasteiger partial charge is 0.309 e. The van der Waals surface area contributed by atoms with Gasteiger partial charge in [0.05, 0.1) is 5.41 Å². The van der Waals surface area contributed by atoms with Gasteiger partial charge >= 0.3 is 5.97 Å². The van der Waals surface area contributed by atoms with Crippen LogP contribution in [0.5, 0.6) is 0 Å². The molecule has 2 nitrogen and oxygen atoms in total. The maximum Gasteiger partial charge on any atom is 0.309 e. The van der Waals surface area contributed by atoms with E-state index in [2.05, 4.69) is 77.3 Å². The molecule has 0 aliphatic rings. The van der Waals surface area contributed by atoms with E-state index >= 15 is 0 Å². The van der Waals surface area contributed by atoms with Gasteiger partial charge in [0, 0.05) is 11.6 Å². The molecule has 0 aromatic heterocycles. The second-order valence-corrected chi connectivity index (χ2v) is 18.2. The standard InChI is InChI=1S/C41H65ClO2S3/c1-9-11-12-13-14-15-16-17-18-19-26-46-39(45)47-31-33(5)24-25-41(8,10-2)29-36(32(3)4)27-37(28-40(6,7)38(43)44)35-22-20-34(30-42)21-23-35/h10,20-24,36-37H,2-3,9,11-19,25-31H2,1,4-8H3,(H,43,44). The Kier molecular flexibility index (Phi) is 22.7. The van der Waals surface area contributed by atoms with Crippen LogP contribution in [0.1, 0.15) is 148 Å². The number of carboxylic acid groups (broad SMARTS) is 1. The van der Waals surface area contributed by atoms with E-state index in [1.54, 1.807) is 11.8 Å². The van der Waals surface area contributed by atoms with Crippen LogP contribution in [0, 0.1) is 16.7 Å². The van der Waals surface area contributed by atoms with E-state index < -0.39 is 11.4 Å². The lowest BCUT2D eigenvalue weighted by Crippen LogP contribution is -2.28. The summed E-state index contributed by atoms with van der Waals surface area (Å²) < 4.78 is 1.05. The first-order chi connectivity index (χ1) is 22.3. The highest BCUT2D eigenvalue weighted by atomic mass is 35.5. The van der Waals surface area contributed by atoms with Crippen LogP contribution in [-0.2, 0) is 10.7 Å². The van der Waals surface area contributed by atoms with Crippen molar-refractivity contribution in [1.29, 1.82) is 0 Å². The van der Waals surface area contributed by atoms with Crippen LogP contribution in [0.4, 0.5) is 0 Å². The Hall–Kier alpha value is -1.01. The van der Waals surface area contributed by atoms with Gasteiger partial charge in [-0.3, -0.25) is 4.79 Å². The summed E-state index contributed by atoms with van der Waals surface area (Å²) in [6.07, 6.45) is 21.3. The number of thioether (sulfide) groups is 2. The highest BCUT2D eigenvalue weighted by Gasteiger charge is 2.34. The Bertz CT molecular complexity index is 1110. The molecular weight excluding hydrogens is 656 g/mol. The van der Waals surface area contributed by atoms with E-state index in [-0.39, 0.29) is 17.3 Å². The lowest BCUT2D eigenvalue weighted by molar-refractivity contribution is -0.147. The first-order valence-electron chi connectivity index (χ1n) is 17.9. The van der Waals surface area contributed by atoms with Crippen molar-refractivity contribution in [3.05, 3.63) is 71.8 Å². The molecule has 266 valence electrons. The molecule has 0 amide bonds. The molecule has 1 aromatic carbocycles. The Morgan fingerprint density at radius 3 is 2.04 bits per heavy atom. The monoisotopic (exact) mass is 720 g/mol. The molecule has 3 atom stereocenters. The summed E-state index contributed by atoms with van der Waals surface area (Å²) in [7, 11) is 0. The van der Waals surface area contributed by atoms with Gasteiger partial charge in [0.15, 0.2) is 0 Å². The number of unbranched alkanes of at least 4 members (excludes halogenated alkanes) is 9. The second kappa shape index (κ2) is 24.2. The number of carboxylic acids is 1. The van der Waals surface area contributed by atoms with Gasteiger partial charge in [-0.1, -0.05) is 138 Å². The van der Waals surface area contributed by atoms with Gasteiger partial charge in [-0.2, -0.15) is 0 Å². The molecule has 1 aromatic rings. The van der Waals surface area contributed by atoms with Crippen LogP contribution in [0.3, 0.4) is 0 Å². The SMILES string of the molecule is C=CC(C)(CC=C(C)CSC(=S)SCCCCCCCCCCCC)CC(CC(CC(C)(C)C(=O)O)c1ccc(CCl)cc1)C(=C)C. The molecule has 0 aliphatic carbocycles. The third-order valence-electron chi connectivity index (χ3n) is 9.46. The summed E-state index contributed by atoms with van der Waals surface area (Å²) in [4.78, 5) is 12.1. The summed E-state index contributed by atoms with van der Waals surface area (Å²) in [5.74, 6) is 2.08. The van der Waals surface area contributed by atoms with Crippen molar-refractivity contribution < 1.29 is 9.90 Å². The van der Waals surface area contributed by atoms with Crippen molar-refractivity contribution in [2.45, 2.75) is 143 Å². The molecule has 0 fully saturated rings. The molecule has 1 rings (SSSR count). The van der Waals surface area contributed by atoms with Gasteiger partial charge in [-0.05, 0) is 93.9 Å². The first kappa shape index (κ1) is 44.0. The molecule has 1 N–H and O–H groups in total. The molecule has 47 heavy (non-hydrogen) atoms. The third-order valence-corrected chi connectivity index (χ3v) is 12.8. The maximum absolute atomic E-state index is 12.1. The van der Waals surface area contributed by atoms with E-state index in [9.17, 15) is 9.90 Å². The van der Waals surface area contributed by atoms with E-state index in [1.807, 2.05) is 25.6 Å². The average molecular weight is 722 g/mol. The Morgan fingerprint density at radius 1 is 0.957 bits per heavy atom. The molecule has 0 saturated carbocycles. The predicted octanol–water partition coefficient (Wildman–Crippen LogP) is 14.2. The molecule has 0 bridgehead atoms. The number of benzene rings is 1. The second-order valence-electron chi connectivity index (χ2n) is 14.6. The van der Waals surface area contributed by atoms with Gasteiger partial charge in [0.2, 0.25) is 0 Å². The lowest BCUT2D eigenvalue weighted by Gasteiger charge is -2.34. The van der Waals surface area contributed by atoms with Crippen LogP contribution in [0.25, 0.3) is 0 Å². The van der Waals surface area contributed by atoms with Crippen molar-refractivity contribution in [3.8, 4) is 0 Å². The molecule has 3 unspecified atom stereocenters. The third kappa shape index (κ3) is 19.1. The van der Waals surface area contributed by atoms with Crippen LogP contribution >= 0.6 is 47.3 Å². The van der Waals surface area contributed by atoms with Crippen molar-refractivity contribution in [1.82, 2.24) is 0 Å². The van der Waals surface area contributed by atoms with Crippen molar-refractivity contribution in [2.75, 3.05) is 11.5 Å². The lowest BCUT2D eigenvalue weighted by atomic mass is 9.70. The number of thiocarbonyl (C=S) groups is 1. The van der Waals surface area contributed by atoms with Crippen molar-refractivity contribution >= 4 is 56.8 Å². The number of alkyl halides is 1. The fourth-order valence-corrected chi connectivity index (χ4v) is 8.30. The van der Waals surface area contributed by atoms with Gasteiger partial charge in [-0.25, -0.2) is 0 Å². The summed E-state index contributed by atoms with van der Waals surface area (Å²) in [6.45, 7) is 21.1. The summed E-state index contributed by atoms with van der Waals surface area (Å²) in [6, 6.07) is 8.35. The first-order valence-corrected chi connectivity index (χ1v) is 20.8. The maximum atomic E-state index is 12.1. The minimum Gasteiger partial charge on any atom is -0.481 e. The molecule has 0 aliphatic heterocycles. The molecule has 0 heterocycles. The highest BCUT2D eigenvalue weighted by Crippen LogP contribution is 2.43. The number of allylic oxidation sites excluding steroid dienone is 3. The van der Waals surface area contributed by atoms with Crippen LogP contribution in [0.15, 0.2) is 60.7 Å². The Labute approximate surface area is 308 Å². The fraction of sp³-hybridized carbons (Fsp3) is 0.659.